The van der Waals surface area contributed by atoms with E-state index in [4.69, 9.17) is 10.5 Å². The molecule has 3 aromatic rings. The Bertz CT molecular complexity index is 781. The second-order valence-electron chi connectivity index (χ2n) is 4.80. The van der Waals surface area contributed by atoms with Crippen LogP contribution in [0.1, 0.15) is 5.56 Å². The van der Waals surface area contributed by atoms with Gasteiger partial charge in [0.15, 0.2) is 0 Å². The van der Waals surface area contributed by atoms with Crippen molar-refractivity contribution in [2.24, 2.45) is 0 Å². The van der Waals surface area contributed by atoms with Gasteiger partial charge in [0.25, 0.3) is 0 Å². The van der Waals surface area contributed by atoms with Crippen LogP contribution in [-0.4, -0.2) is 12.1 Å². The number of nitrogen functional groups attached to an aromatic ring is 1. The van der Waals surface area contributed by atoms with Gasteiger partial charge in [-0.05, 0) is 47.9 Å². The van der Waals surface area contributed by atoms with Gasteiger partial charge < -0.3 is 10.5 Å². The fourth-order valence-corrected chi connectivity index (χ4v) is 2.48. The molecule has 0 aliphatic carbocycles. The highest BCUT2D eigenvalue weighted by Crippen LogP contribution is 2.32. The number of nitrogens with two attached hydrogens (primary N) is 1. The number of methoxy groups -OCH3 is 1. The highest BCUT2D eigenvalue weighted by molar-refractivity contribution is 5.96. The van der Waals surface area contributed by atoms with E-state index in [1.165, 1.54) is 0 Å². The summed E-state index contributed by atoms with van der Waals surface area (Å²) in [6, 6.07) is 16.1. The molecule has 1 heterocycles. The van der Waals surface area contributed by atoms with Gasteiger partial charge in [0.2, 0.25) is 0 Å². The minimum absolute atomic E-state index is 0.534. The van der Waals surface area contributed by atoms with E-state index in [0.29, 0.717) is 5.82 Å². The summed E-state index contributed by atoms with van der Waals surface area (Å²) in [5.41, 5.74) is 10.1. The molecule has 2 N–H and O–H groups in total. The third-order valence-electron chi connectivity index (χ3n) is 3.44. The van der Waals surface area contributed by atoms with Crippen LogP contribution in [0.25, 0.3) is 22.0 Å². The van der Waals surface area contributed by atoms with Crippen LogP contribution in [0.15, 0.2) is 48.5 Å². The normalized spacial score (nSPS) is 10.7. The van der Waals surface area contributed by atoms with Crippen LogP contribution >= 0.6 is 0 Å². The van der Waals surface area contributed by atoms with Crippen LogP contribution < -0.4 is 10.5 Å². The predicted octanol–water partition coefficient (Wildman–Crippen LogP) is 3.80. The van der Waals surface area contributed by atoms with E-state index in [-0.39, 0.29) is 0 Å². The van der Waals surface area contributed by atoms with E-state index in [0.717, 1.165) is 33.3 Å². The van der Waals surface area contributed by atoms with Crippen molar-refractivity contribution in [2.45, 2.75) is 6.92 Å². The molecule has 0 atom stereocenters. The fraction of sp³-hybridized carbons (Fsp3) is 0.118. The summed E-state index contributed by atoms with van der Waals surface area (Å²) in [5, 5.41) is 1.10. The second-order valence-corrected chi connectivity index (χ2v) is 4.80. The molecule has 0 radical (unpaired) electrons. The number of aryl methyl sites for hydroxylation is 1. The maximum Gasteiger partial charge on any atom is 0.124 e. The highest BCUT2D eigenvalue weighted by atomic mass is 16.5. The van der Waals surface area contributed by atoms with Gasteiger partial charge in [-0.1, -0.05) is 24.3 Å². The Morgan fingerprint density at radius 3 is 2.60 bits per heavy atom. The number of fused-ring (bicyclic) bond motifs is 1. The van der Waals surface area contributed by atoms with Gasteiger partial charge in [0, 0.05) is 5.39 Å². The summed E-state index contributed by atoms with van der Waals surface area (Å²) in [4.78, 5) is 4.37. The second kappa shape index (κ2) is 4.85. The van der Waals surface area contributed by atoms with Gasteiger partial charge in [-0.2, -0.15) is 0 Å². The molecule has 1 aromatic heterocycles. The minimum atomic E-state index is 0.534. The summed E-state index contributed by atoms with van der Waals surface area (Å²) in [6.07, 6.45) is 0. The lowest BCUT2D eigenvalue weighted by molar-refractivity contribution is 0.412. The Kier molecular flexibility index (Phi) is 3.03. The Morgan fingerprint density at radius 2 is 1.85 bits per heavy atom. The standard InChI is InChI=1S/C17H16N2O/c1-11-9-12(7-8-16(11)20-2)14-10-17(18)19-15-6-4-3-5-13(14)15/h3-10H,1-2H3,(H2,18,19). The molecule has 0 bridgehead atoms. The Hall–Kier alpha value is -2.55. The van der Waals surface area contributed by atoms with E-state index in [1.807, 2.05) is 43.3 Å². The molecule has 0 aliphatic heterocycles. The first-order valence-corrected chi connectivity index (χ1v) is 6.49. The van der Waals surface area contributed by atoms with Crippen molar-refractivity contribution in [3.05, 3.63) is 54.1 Å². The van der Waals surface area contributed by atoms with Crippen molar-refractivity contribution < 1.29 is 4.74 Å². The molecule has 3 heteroatoms. The molecule has 0 unspecified atom stereocenters. The lowest BCUT2D eigenvalue weighted by Gasteiger charge is -2.10. The van der Waals surface area contributed by atoms with Gasteiger partial charge in [-0.25, -0.2) is 4.98 Å². The number of rotatable bonds is 2. The van der Waals surface area contributed by atoms with Crippen LogP contribution in [0.4, 0.5) is 5.82 Å². The van der Waals surface area contributed by atoms with Gasteiger partial charge >= 0.3 is 0 Å². The SMILES string of the molecule is COc1ccc(-c2cc(N)nc3ccccc23)cc1C. The maximum absolute atomic E-state index is 5.92. The third-order valence-corrected chi connectivity index (χ3v) is 3.44. The Morgan fingerprint density at radius 1 is 1.05 bits per heavy atom. The zero-order valence-corrected chi connectivity index (χ0v) is 11.6. The molecule has 100 valence electrons. The molecule has 0 saturated heterocycles. The number of hydrogen-bond donors (Lipinski definition) is 1. The van der Waals surface area contributed by atoms with E-state index in [2.05, 4.69) is 17.1 Å². The molecule has 0 aliphatic rings. The third kappa shape index (κ3) is 2.07. The number of aromatic nitrogens is 1. The number of nitrogens with zero attached hydrogens (tertiary/aromatic N) is 1. The van der Waals surface area contributed by atoms with Crippen molar-refractivity contribution in [3.63, 3.8) is 0 Å². The zero-order chi connectivity index (χ0) is 14.1. The first kappa shape index (κ1) is 12.5. The van der Waals surface area contributed by atoms with Crippen LogP contribution in [0.3, 0.4) is 0 Å². The summed E-state index contributed by atoms with van der Waals surface area (Å²) in [5.74, 6) is 1.42. The van der Waals surface area contributed by atoms with Crippen LogP contribution in [0.2, 0.25) is 0 Å². The molecular weight excluding hydrogens is 248 g/mol. The fourth-order valence-electron chi connectivity index (χ4n) is 2.48. The Balaban J connectivity index is 2.26. The summed E-state index contributed by atoms with van der Waals surface area (Å²) in [6.45, 7) is 2.04. The zero-order valence-electron chi connectivity index (χ0n) is 11.6. The van der Waals surface area contributed by atoms with Crippen molar-refractivity contribution in [2.75, 3.05) is 12.8 Å². The summed E-state index contributed by atoms with van der Waals surface area (Å²) >= 11 is 0. The number of pyridine rings is 1. The van der Waals surface area contributed by atoms with E-state index in [9.17, 15) is 0 Å². The molecule has 3 nitrogen and oxygen atoms in total. The van der Waals surface area contributed by atoms with E-state index in [1.54, 1.807) is 7.11 Å². The molecule has 0 fully saturated rings. The van der Waals surface area contributed by atoms with Crippen molar-refractivity contribution in [1.29, 1.82) is 0 Å². The molecular formula is C17H16N2O. The van der Waals surface area contributed by atoms with Crippen molar-refractivity contribution >= 4 is 16.7 Å². The summed E-state index contributed by atoms with van der Waals surface area (Å²) in [7, 11) is 1.68. The van der Waals surface area contributed by atoms with Crippen molar-refractivity contribution in [1.82, 2.24) is 4.98 Å². The average Bonchev–Trinajstić information content (AvgIpc) is 2.46. The smallest absolute Gasteiger partial charge is 0.124 e. The number of para-hydroxylation sites is 1. The lowest BCUT2D eigenvalue weighted by atomic mass is 9.99. The highest BCUT2D eigenvalue weighted by Gasteiger charge is 2.08. The largest absolute Gasteiger partial charge is 0.496 e. The number of anilines is 1. The summed E-state index contributed by atoms with van der Waals surface area (Å²) < 4.78 is 5.31. The first-order chi connectivity index (χ1) is 9.69. The molecule has 0 amide bonds. The van der Waals surface area contributed by atoms with Gasteiger partial charge in [0.1, 0.15) is 11.6 Å². The monoisotopic (exact) mass is 264 g/mol. The molecule has 20 heavy (non-hydrogen) atoms. The molecule has 0 spiro atoms. The van der Waals surface area contributed by atoms with E-state index < -0.39 is 0 Å². The molecule has 2 aromatic carbocycles. The number of hydrogen-bond acceptors (Lipinski definition) is 3. The minimum Gasteiger partial charge on any atom is -0.496 e. The maximum atomic E-state index is 5.92. The average molecular weight is 264 g/mol. The van der Waals surface area contributed by atoms with E-state index >= 15 is 0 Å². The van der Waals surface area contributed by atoms with Crippen LogP contribution in [0, 0.1) is 6.92 Å². The predicted molar refractivity (Wildman–Crippen MR) is 82.9 cm³/mol. The van der Waals surface area contributed by atoms with Crippen molar-refractivity contribution in [3.8, 4) is 16.9 Å². The number of benzene rings is 2. The molecule has 3 rings (SSSR count). The van der Waals surface area contributed by atoms with Crippen LogP contribution in [-0.2, 0) is 0 Å². The topological polar surface area (TPSA) is 48.1 Å². The quantitative estimate of drug-likeness (QED) is 0.765. The first-order valence-electron chi connectivity index (χ1n) is 6.49. The van der Waals surface area contributed by atoms with Gasteiger partial charge in [0.05, 0.1) is 12.6 Å². The van der Waals surface area contributed by atoms with Crippen LogP contribution in [0.5, 0.6) is 5.75 Å². The number of ether oxygens (including phenoxy) is 1. The Labute approximate surface area is 118 Å². The lowest BCUT2D eigenvalue weighted by Crippen LogP contribution is -1.93. The van der Waals surface area contributed by atoms with Gasteiger partial charge in [-0.15, -0.1) is 0 Å². The molecule has 0 saturated carbocycles. The van der Waals surface area contributed by atoms with Gasteiger partial charge in [-0.3, -0.25) is 0 Å².